The monoisotopic (exact) mass is 484 g/mol. The molecule has 3 heterocycles. The molecule has 0 bridgehead atoms. The van der Waals surface area contributed by atoms with Gasteiger partial charge in [-0.1, -0.05) is 4.98 Å². The summed E-state index contributed by atoms with van der Waals surface area (Å²) in [4.78, 5) is 46.2. The second kappa shape index (κ2) is 8.70. The summed E-state index contributed by atoms with van der Waals surface area (Å²) in [5, 5.41) is 10.8. The lowest BCUT2D eigenvalue weighted by molar-refractivity contribution is -0.745. The van der Waals surface area contributed by atoms with Crippen molar-refractivity contribution >= 4 is 32.3 Å². The first-order valence-corrected chi connectivity index (χ1v) is 12.5. The Kier molecular flexibility index (Phi) is 6.73. The molecule has 1 saturated heterocycles. The molecule has 0 spiro atoms. The Labute approximate surface area is 175 Å². The molecule has 1 unspecified atom stereocenters. The van der Waals surface area contributed by atoms with Crippen LogP contribution in [0, 0.1) is 5.92 Å². The van der Waals surface area contributed by atoms with Gasteiger partial charge < -0.3 is 39.5 Å². The van der Waals surface area contributed by atoms with Crippen LogP contribution in [-0.4, -0.2) is 72.8 Å². The van der Waals surface area contributed by atoms with Crippen LogP contribution < -0.4 is 15.9 Å². The summed E-state index contributed by atoms with van der Waals surface area (Å²) in [6.07, 6.45) is -1.78. The van der Waals surface area contributed by atoms with Gasteiger partial charge in [-0.05, 0) is 0 Å². The maximum atomic E-state index is 12.2. The second-order valence-corrected chi connectivity index (χ2v) is 11.2. The molecule has 0 amide bonds. The average Bonchev–Trinajstić information content (AvgIpc) is 3.09. The number of nitrogens with zero attached hydrogens (tertiary/aromatic N) is 3. The minimum Gasteiger partial charge on any atom is -0.386 e. The number of rotatable bonds is 8. The third kappa shape index (κ3) is 5.22. The number of fused-ring (bicyclic) bond motifs is 1. The summed E-state index contributed by atoms with van der Waals surface area (Å²) in [5.74, 6) is -2.22. The number of H-pyrrole nitrogens is 1. The van der Waals surface area contributed by atoms with Crippen molar-refractivity contribution in [1.29, 1.82) is 0 Å². The summed E-state index contributed by atoms with van der Waals surface area (Å²) >= 11 is 0. The van der Waals surface area contributed by atoms with Crippen molar-refractivity contribution in [1.82, 2.24) is 14.5 Å². The summed E-state index contributed by atoms with van der Waals surface area (Å²) in [5.41, 5.74) is 5.45. The molecule has 2 aromatic heterocycles. The first kappa shape index (κ1) is 24.0. The zero-order chi connectivity index (χ0) is 23.1. The molecule has 0 saturated carbocycles. The number of aliphatic hydroxyl groups is 1. The number of aryl methyl sites for hydroxylation is 1. The highest BCUT2D eigenvalue weighted by atomic mass is 31.2. The standard InChI is InChI=1S/C14H23N5O10P2/c1-18-5-19(11-9(18)12(21)17-14(15)16-11)13-10(20)7(3-27-2)8(29-13)4-28-31(25,26)6-30(22,23)24/h5,7-8,10,13,20H,3-4,6H2,1-2H3,(H5-,15,16,17,21,22,23,24,25,26)/p+1/t7-,8-,10-,13-/m1/s1. The topological polar surface area (TPSA) is 223 Å². The van der Waals surface area contributed by atoms with Crippen molar-refractivity contribution in [2.24, 2.45) is 13.0 Å². The minimum absolute atomic E-state index is 0.0125. The van der Waals surface area contributed by atoms with Crippen LogP contribution in [0.3, 0.4) is 0 Å². The summed E-state index contributed by atoms with van der Waals surface area (Å²) in [6, 6.07) is 0. The molecule has 31 heavy (non-hydrogen) atoms. The minimum atomic E-state index is -4.80. The second-order valence-electron chi connectivity index (χ2n) is 7.17. The Morgan fingerprint density at radius 2 is 2.03 bits per heavy atom. The number of aromatic nitrogens is 4. The Bertz CT molecular complexity index is 1110. The van der Waals surface area contributed by atoms with E-state index in [-0.39, 0.29) is 23.7 Å². The van der Waals surface area contributed by atoms with Gasteiger partial charge in [-0.3, -0.25) is 23.5 Å². The fraction of sp³-hybridized carbons (Fsp3) is 0.643. The lowest BCUT2D eigenvalue weighted by atomic mass is 9.99. The molecule has 5 atom stereocenters. The first-order valence-electron chi connectivity index (χ1n) is 8.92. The van der Waals surface area contributed by atoms with Gasteiger partial charge in [-0.25, -0.2) is 4.57 Å². The van der Waals surface area contributed by atoms with Crippen LogP contribution in [0.2, 0.25) is 0 Å². The highest BCUT2D eigenvalue weighted by molar-refractivity contribution is 7.70. The Morgan fingerprint density at radius 1 is 1.35 bits per heavy atom. The Balaban J connectivity index is 1.89. The van der Waals surface area contributed by atoms with Gasteiger partial charge in [-0.2, -0.15) is 0 Å². The molecular formula is C14H24N5O10P2+. The molecule has 15 nitrogen and oxygen atoms in total. The molecule has 1 aliphatic rings. The van der Waals surface area contributed by atoms with Crippen LogP contribution in [0.4, 0.5) is 5.95 Å². The Morgan fingerprint density at radius 3 is 2.65 bits per heavy atom. The van der Waals surface area contributed by atoms with Crippen molar-refractivity contribution in [2.45, 2.75) is 18.4 Å². The molecule has 7 N–H and O–H groups in total. The largest absolute Gasteiger partial charge is 0.386 e. The van der Waals surface area contributed by atoms with Gasteiger partial charge in [0.25, 0.3) is 11.5 Å². The number of aliphatic hydroxyl groups excluding tert-OH is 1. The summed E-state index contributed by atoms with van der Waals surface area (Å²) in [6.45, 7) is -0.557. The average molecular weight is 484 g/mol. The molecular weight excluding hydrogens is 460 g/mol. The van der Waals surface area contributed by atoms with E-state index in [1.165, 1.54) is 22.6 Å². The van der Waals surface area contributed by atoms with Crippen molar-refractivity contribution in [3.8, 4) is 0 Å². The number of imidazole rings is 1. The van der Waals surface area contributed by atoms with Gasteiger partial charge >= 0.3 is 20.8 Å². The lowest BCUT2D eigenvalue weighted by Gasteiger charge is -2.20. The third-order valence-corrected chi connectivity index (χ3v) is 8.21. The van der Waals surface area contributed by atoms with E-state index in [0.717, 1.165) is 0 Å². The van der Waals surface area contributed by atoms with E-state index in [1.807, 2.05) is 0 Å². The Hall–Kier alpha value is -1.67. The smallest absolute Gasteiger partial charge is 0.340 e. The zero-order valence-electron chi connectivity index (χ0n) is 16.6. The molecule has 0 aromatic carbocycles. The first-order chi connectivity index (χ1) is 14.3. The molecule has 174 valence electrons. The molecule has 1 aliphatic heterocycles. The van der Waals surface area contributed by atoms with E-state index >= 15 is 0 Å². The van der Waals surface area contributed by atoms with Crippen LogP contribution in [0.15, 0.2) is 11.1 Å². The predicted molar refractivity (Wildman–Crippen MR) is 104 cm³/mol. The SMILES string of the molecule is COC[C@H]1[C@@H](O)[C@H]([n+]2cn(C)c3c(=O)[nH]c(N)nc32)O[C@@H]1COP(=O)(O)CP(=O)(O)O. The van der Waals surface area contributed by atoms with Crippen molar-refractivity contribution < 1.29 is 47.5 Å². The van der Waals surface area contributed by atoms with E-state index in [4.69, 9.17) is 29.5 Å². The highest BCUT2D eigenvalue weighted by Crippen LogP contribution is 2.55. The van der Waals surface area contributed by atoms with Crippen LogP contribution in [0.25, 0.3) is 11.2 Å². The van der Waals surface area contributed by atoms with Gasteiger partial charge in [0.15, 0.2) is 12.2 Å². The van der Waals surface area contributed by atoms with E-state index in [2.05, 4.69) is 9.97 Å². The van der Waals surface area contributed by atoms with E-state index < -0.39 is 57.6 Å². The van der Waals surface area contributed by atoms with Crippen molar-refractivity contribution in [3.63, 3.8) is 0 Å². The van der Waals surface area contributed by atoms with E-state index in [9.17, 15) is 23.9 Å². The summed E-state index contributed by atoms with van der Waals surface area (Å²) in [7, 11) is -6.45. The number of methoxy groups -OCH3 is 1. The van der Waals surface area contributed by atoms with Gasteiger partial charge in [0.05, 0.1) is 26.4 Å². The maximum Gasteiger partial charge on any atom is 0.340 e. The molecule has 17 heteroatoms. The molecule has 1 fully saturated rings. The molecule has 2 aromatic rings. The van der Waals surface area contributed by atoms with Crippen molar-refractivity contribution in [3.05, 3.63) is 16.7 Å². The number of ether oxygens (including phenoxy) is 2. The predicted octanol–water partition coefficient (Wildman–Crippen LogP) is -2.01. The van der Waals surface area contributed by atoms with Crippen LogP contribution in [0.5, 0.6) is 0 Å². The number of aromatic amines is 1. The molecule has 3 rings (SSSR count). The summed E-state index contributed by atoms with van der Waals surface area (Å²) < 4.78 is 41.6. The number of anilines is 1. The van der Waals surface area contributed by atoms with Crippen LogP contribution >= 0.6 is 15.2 Å². The normalized spacial score (nSPS) is 26.4. The van der Waals surface area contributed by atoms with Crippen LogP contribution in [0.1, 0.15) is 6.23 Å². The fourth-order valence-corrected chi connectivity index (χ4v) is 6.07. The lowest BCUT2D eigenvalue weighted by Crippen LogP contribution is -2.45. The maximum absolute atomic E-state index is 12.2. The number of hydrogen-bond donors (Lipinski definition) is 6. The van der Waals surface area contributed by atoms with E-state index in [0.29, 0.717) is 0 Å². The number of nitrogens with one attached hydrogen (secondary N) is 1. The van der Waals surface area contributed by atoms with Gasteiger partial charge in [-0.15, -0.1) is 0 Å². The van der Waals surface area contributed by atoms with Crippen LogP contribution in [-0.2, 0) is 30.2 Å². The molecule has 0 aliphatic carbocycles. The fourth-order valence-electron chi connectivity index (χ4n) is 3.50. The van der Waals surface area contributed by atoms with Gasteiger partial charge in [0.1, 0.15) is 6.10 Å². The third-order valence-electron chi connectivity index (χ3n) is 4.75. The number of nitrogen functional groups attached to an aromatic ring is 1. The highest BCUT2D eigenvalue weighted by Gasteiger charge is 2.48. The zero-order valence-corrected chi connectivity index (χ0v) is 18.3. The molecule has 0 radical (unpaired) electrons. The quantitative estimate of drug-likeness (QED) is 0.177. The number of nitrogens with two attached hydrogens (primary N) is 1. The van der Waals surface area contributed by atoms with Gasteiger partial charge in [0.2, 0.25) is 11.7 Å². The van der Waals surface area contributed by atoms with Gasteiger partial charge in [0, 0.05) is 13.0 Å². The number of hydrogen-bond acceptors (Lipinski definition) is 9. The van der Waals surface area contributed by atoms with E-state index in [1.54, 1.807) is 7.05 Å². The van der Waals surface area contributed by atoms with Crippen molar-refractivity contribution in [2.75, 3.05) is 32.0 Å².